The lowest BCUT2D eigenvalue weighted by Gasteiger charge is -2.60. The van der Waals surface area contributed by atoms with Crippen molar-refractivity contribution in [3.63, 3.8) is 0 Å². The molecule has 2 aliphatic rings. The summed E-state index contributed by atoms with van der Waals surface area (Å²) in [7, 11) is 0. The monoisotopic (exact) mass is 354 g/mol. The van der Waals surface area contributed by atoms with Gasteiger partial charge in [0.1, 0.15) is 5.60 Å². The molecule has 114 valence electrons. The number of nitrogens with zero attached hydrogens (tertiary/aromatic N) is 4. The number of aromatic nitrogens is 2. The van der Waals surface area contributed by atoms with Gasteiger partial charge in [-0.05, 0) is 36.7 Å². The van der Waals surface area contributed by atoms with Crippen molar-refractivity contribution in [3.8, 4) is 0 Å². The predicted octanol–water partition coefficient (Wildman–Crippen LogP) is 2.30. The first-order chi connectivity index (χ1) is 9.76. The number of carbonyl (C=O) groups is 1. The van der Waals surface area contributed by atoms with Gasteiger partial charge in [0, 0.05) is 31.6 Å². The van der Waals surface area contributed by atoms with E-state index in [9.17, 15) is 4.79 Å². The normalized spacial score (nSPS) is 20.0. The van der Waals surface area contributed by atoms with Crippen LogP contribution in [0.4, 0.5) is 10.5 Å². The molecule has 6 nitrogen and oxygen atoms in total. The van der Waals surface area contributed by atoms with Crippen LogP contribution in [-0.4, -0.2) is 52.7 Å². The van der Waals surface area contributed by atoms with Gasteiger partial charge in [-0.25, -0.2) is 14.8 Å². The molecule has 3 rings (SSSR count). The second-order valence-corrected chi connectivity index (χ2v) is 7.61. The molecular weight excluding hydrogens is 336 g/mol. The van der Waals surface area contributed by atoms with Crippen LogP contribution >= 0.6 is 15.9 Å². The lowest BCUT2D eigenvalue weighted by Crippen LogP contribution is -2.73. The van der Waals surface area contributed by atoms with E-state index in [1.807, 2.05) is 33.2 Å². The summed E-state index contributed by atoms with van der Waals surface area (Å²) in [4.78, 5) is 24.2. The van der Waals surface area contributed by atoms with Crippen LogP contribution in [0.15, 0.2) is 17.1 Å². The second kappa shape index (κ2) is 4.83. The molecule has 1 amide bonds. The molecule has 0 saturated carbocycles. The lowest BCUT2D eigenvalue weighted by atomic mass is 9.73. The van der Waals surface area contributed by atoms with Crippen molar-refractivity contribution >= 4 is 27.7 Å². The molecule has 0 N–H and O–H groups in total. The Kier molecular flexibility index (Phi) is 3.35. The zero-order valence-corrected chi connectivity index (χ0v) is 14.1. The fourth-order valence-corrected chi connectivity index (χ4v) is 3.04. The number of hydrogen-bond donors (Lipinski definition) is 0. The van der Waals surface area contributed by atoms with E-state index in [0.717, 1.165) is 31.9 Å². The maximum Gasteiger partial charge on any atom is 0.410 e. The van der Waals surface area contributed by atoms with Crippen LogP contribution < -0.4 is 4.90 Å². The Morgan fingerprint density at radius 1 is 1.24 bits per heavy atom. The summed E-state index contributed by atoms with van der Waals surface area (Å²) in [6, 6.07) is 0. The van der Waals surface area contributed by atoms with E-state index < -0.39 is 5.60 Å². The highest BCUT2D eigenvalue weighted by molar-refractivity contribution is 9.10. The molecule has 1 aromatic rings. The van der Waals surface area contributed by atoms with E-state index in [-0.39, 0.29) is 11.5 Å². The van der Waals surface area contributed by atoms with Crippen LogP contribution in [-0.2, 0) is 4.74 Å². The smallest absolute Gasteiger partial charge is 0.410 e. The standard InChI is InChI=1S/C14H19BrN4O2/c1-13(2,3)21-12(20)19-8-14(9-19)6-18(7-14)10-4-16-11(15)17-5-10/h4-5H,6-9H2,1-3H3. The summed E-state index contributed by atoms with van der Waals surface area (Å²) in [5, 5.41) is 0. The van der Waals surface area contributed by atoms with E-state index in [1.165, 1.54) is 0 Å². The van der Waals surface area contributed by atoms with Gasteiger partial charge in [-0.15, -0.1) is 0 Å². The minimum Gasteiger partial charge on any atom is -0.444 e. The number of halogens is 1. The van der Waals surface area contributed by atoms with E-state index in [1.54, 1.807) is 4.90 Å². The van der Waals surface area contributed by atoms with E-state index >= 15 is 0 Å². The molecule has 7 heteroatoms. The number of carbonyl (C=O) groups excluding carboxylic acids is 1. The van der Waals surface area contributed by atoms with Crippen LogP contribution in [0.1, 0.15) is 20.8 Å². The van der Waals surface area contributed by atoms with Gasteiger partial charge in [0.15, 0.2) is 4.73 Å². The first-order valence-electron chi connectivity index (χ1n) is 6.97. The van der Waals surface area contributed by atoms with Crippen LogP contribution in [0.5, 0.6) is 0 Å². The quantitative estimate of drug-likeness (QED) is 0.724. The zero-order chi connectivity index (χ0) is 15.3. The molecule has 2 aliphatic heterocycles. The summed E-state index contributed by atoms with van der Waals surface area (Å²) >= 11 is 3.23. The summed E-state index contributed by atoms with van der Waals surface area (Å²) < 4.78 is 5.97. The summed E-state index contributed by atoms with van der Waals surface area (Å²) in [5.74, 6) is 0. The molecule has 0 aromatic carbocycles. The predicted molar refractivity (Wildman–Crippen MR) is 82.2 cm³/mol. The maximum absolute atomic E-state index is 11.9. The Bertz CT molecular complexity index is 541. The van der Waals surface area contributed by atoms with Crippen LogP contribution in [0.25, 0.3) is 0 Å². The van der Waals surface area contributed by atoms with Crippen molar-refractivity contribution in [3.05, 3.63) is 17.1 Å². The largest absolute Gasteiger partial charge is 0.444 e. The molecule has 3 heterocycles. The minimum atomic E-state index is -0.430. The van der Waals surface area contributed by atoms with Gasteiger partial charge >= 0.3 is 6.09 Å². The minimum absolute atomic E-state index is 0.210. The van der Waals surface area contributed by atoms with Crippen molar-refractivity contribution in [2.45, 2.75) is 26.4 Å². The van der Waals surface area contributed by atoms with Crippen LogP contribution in [0, 0.1) is 5.41 Å². The third kappa shape index (κ3) is 2.97. The molecule has 0 bridgehead atoms. The fraction of sp³-hybridized carbons (Fsp3) is 0.643. The number of anilines is 1. The Balaban J connectivity index is 1.50. The summed E-state index contributed by atoms with van der Waals surface area (Å²) in [6.07, 6.45) is 3.42. The van der Waals surface area contributed by atoms with Crippen molar-refractivity contribution in [1.29, 1.82) is 0 Å². The first-order valence-corrected chi connectivity index (χ1v) is 7.76. The topological polar surface area (TPSA) is 58.6 Å². The Hall–Kier alpha value is -1.37. The van der Waals surface area contributed by atoms with Gasteiger partial charge in [0.05, 0.1) is 18.1 Å². The average Bonchev–Trinajstić information content (AvgIpc) is 2.25. The highest BCUT2D eigenvalue weighted by atomic mass is 79.9. The van der Waals surface area contributed by atoms with E-state index in [2.05, 4.69) is 30.8 Å². The number of hydrogen-bond acceptors (Lipinski definition) is 5. The second-order valence-electron chi connectivity index (χ2n) is 6.90. The highest BCUT2D eigenvalue weighted by Gasteiger charge is 2.54. The fourth-order valence-electron chi connectivity index (χ4n) is 2.83. The van der Waals surface area contributed by atoms with Crippen molar-refractivity contribution in [2.24, 2.45) is 5.41 Å². The summed E-state index contributed by atoms with van der Waals surface area (Å²) in [5.41, 5.74) is 0.823. The van der Waals surface area contributed by atoms with Gasteiger partial charge < -0.3 is 14.5 Å². The summed E-state index contributed by atoms with van der Waals surface area (Å²) in [6.45, 7) is 9.09. The molecule has 0 radical (unpaired) electrons. The van der Waals surface area contributed by atoms with Gasteiger partial charge in [-0.1, -0.05) is 0 Å². The van der Waals surface area contributed by atoms with Crippen molar-refractivity contribution in [2.75, 3.05) is 31.1 Å². The maximum atomic E-state index is 11.9. The van der Waals surface area contributed by atoms with Gasteiger partial charge in [0.25, 0.3) is 0 Å². The lowest BCUT2D eigenvalue weighted by molar-refractivity contribution is -0.0453. The third-order valence-electron chi connectivity index (χ3n) is 3.73. The first kappa shape index (κ1) is 14.6. The van der Waals surface area contributed by atoms with E-state index in [4.69, 9.17) is 4.74 Å². The number of likely N-dealkylation sites (tertiary alicyclic amines) is 1. The molecule has 21 heavy (non-hydrogen) atoms. The van der Waals surface area contributed by atoms with Crippen LogP contribution in [0.2, 0.25) is 0 Å². The molecule has 1 aromatic heterocycles. The number of amides is 1. The van der Waals surface area contributed by atoms with Gasteiger partial charge in [-0.2, -0.15) is 0 Å². The van der Waals surface area contributed by atoms with Gasteiger partial charge in [0.2, 0.25) is 0 Å². The Morgan fingerprint density at radius 2 is 1.81 bits per heavy atom. The zero-order valence-electron chi connectivity index (χ0n) is 12.5. The highest BCUT2D eigenvalue weighted by Crippen LogP contribution is 2.42. The van der Waals surface area contributed by atoms with Gasteiger partial charge in [-0.3, -0.25) is 0 Å². The Morgan fingerprint density at radius 3 is 2.33 bits per heavy atom. The third-order valence-corrected chi connectivity index (χ3v) is 4.14. The van der Waals surface area contributed by atoms with Crippen LogP contribution in [0.3, 0.4) is 0 Å². The molecule has 0 aliphatic carbocycles. The molecular formula is C14H19BrN4O2. The Labute approximate surface area is 132 Å². The molecule has 1 spiro atoms. The molecule has 2 saturated heterocycles. The molecule has 0 unspecified atom stereocenters. The average molecular weight is 355 g/mol. The van der Waals surface area contributed by atoms with Crippen molar-refractivity contribution < 1.29 is 9.53 Å². The number of rotatable bonds is 1. The molecule has 2 fully saturated rings. The van der Waals surface area contributed by atoms with Crippen molar-refractivity contribution in [1.82, 2.24) is 14.9 Å². The molecule has 0 atom stereocenters. The SMILES string of the molecule is CC(C)(C)OC(=O)N1CC2(C1)CN(c1cnc(Br)nc1)C2. The van der Waals surface area contributed by atoms with E-state index in [0.29, 0.717) is 4.73 Å². The number of ether oxygens (including phenoxy) is 1.